The normalized spacial score (nSPS) is 15.8. The van der Waals surface area contributed by atoms with Crippen LogP contribution in [-0.4, -0.2) is 23.0 Å². The largest absolute Gasteiger partial charge is 1.00 e. The maximum absolute atomic E-state index is 10.3. The molecule has 0 saturated heterocycles. The van der Waals surface area contributed by atoms with E-state index in [1.165, 1.54) is 0 Å². The van der Waals surface area contributed by atoms with Crippen molar-refractivity contribution in [2.24, 2.45) is 0 Å². The van der Waals surface area contributed by atoms with Gasteiger partial charge < -0.3 is 9.66 Å². The van der Waals surface area contributed by atoms with Gasteiger partial charge in [0.1, 0.15) is 10.1 Å². The average molecular weight is 202 g/mol. The van der Waals surface area contributed by atoms with Crippen LogP contribution in [0.15, 0.2) is 11.6 Å². The summed E-state index contributed by atoms with van der Waals surface area (Å²) in [4.78, 5) is -2.29. The molecule has 4 nitrogen and oxygen atoms in total. The van der Waals surface area contributed by atoms with Crippen molar-refractivity contribution in [2.75, 3.05) is 0 Å². The van der Waals surface area contributed by atoms with Crippen molar-refractivity contribution in [3.63, 3.8) is 0 Å². The molecular formula is C6H11NaO4S. The number of rotatable bonds is 2. The van der Waals surface area contributed by atoms with Gasteiger partial charge in [0.05, 0.1) is 0 Å². The van der Waals surface area contributed by atoms with Crippen molar-refractivity contribution in [3.05, 3.63) is 11.6 Å². The number of hydrogen-bond donors (Lipinski definition) is 1. The second-order valence-electron chi connectivity index (χ2n) is 2.73. The fourth-order valence-corrected chi connectivity index (χ4v) is 0.988. The molecule has 12 heavy (non-hydrogen) atoms. The van der Waals surface area contributed by atoms with E-state index >= 15 is 0 Å². The minimum Gasteiger partial charge on any atom is -0.745 e. The van der Waals surface area contributed by atoms with Gasteiger partial charge in [0.25, 0.3) is 0 Å². The molecule has 0 spiro atoms. The molecule has 0 aromatic heterocycles. The van der Waals surface area contributed by atoms with Gasteiger partial charge in [-0.1, -0.05) is 5.57 Å². The molecule has 6 heteroatoms. The topological polar surface area (TPSA) is 77.4 Å². The Morgan fingerprint density at radius 2 is 1.83 bits per heavy atom. The summed E-state index contributed by atoms with van der Waals surface area (Å²) < 4.78 is 31.0. The zero-order valence-electron chi connectivity index (χ0n) is 7.66. The maximum atomic E-state index is 10.3. The van der Waals surface area contributed by atoms with Gasteiger partial charge in [-0.3, -0.25) is 0 Å². The van der Waals surface area contributed by atoms with Gasteiger partial charge in [0.15, 0.2) is 4.93 Å². The van der Waals surface area contributed by atoms with Crippen molar-refractivity contribution < 1.29 is 47.6 Å². The molecule has 0 aromatic carbocycles. The van der Waals surface area contributed by atoms with E-state index in [1.54, 1.807) is 13.8 Å². The predicted molar refractivity (Wildman–Crippen MR) is 39.8 cm³/mol. The predicted octanol–water partition coefficient (Wildman–Crippen LogP) is -2.79. The first kappa shape index (κ1) is 15.1. The molecule has 1 N–H and O–H groups in total. The van der Waals surface area contributed by atoms with Crippen LogP contribution >= 0.6 is 0 Å². The Hall–Kier alpha value is 0.610. The second-order valence-corrected chi connectivity index (χ2v) is 4.47. The van der Waals surface area contributed by atoms with E-state index in [0.29, 0.717) is 5.57 Å². The molecule has 0 heterocycles. The Morgan fingerprint density at radius 1 is 1.50 bits per heavy atom. The van der Waals surface area contributed by atoms with Gasteiger partial charge in [0.2, 0.25) is 0 Å². The van der Waals surface area contributed by atoms with Crippen LogP contribution in [0.2, 0.25) is 0 Å². The van der Waals surface area contributed by atoms with E-state index in [1.807, 2.05) is 0 Å². The first-order valence-corrected chi connectivity index (χ1v) is 4.41. The van der Waals surface area contributed by atoms with Gasteiger partial charge in [-0.25, -0.2) is 8.42 Å². The van der Waals surface area contributed by atoms with E-state index in [-0.39, 0.29) is 29.6 Å². The van der Waals surface area contributed by atoms with Crippen LogP contribution in [0.25, 0.3) is 0 Å². The second kappa shape index (κ2) is 4.74. The molecule has 0 saturated carbocycles. The average Bonchev–Trinajstić information content (AvgIpc) is 1.56. The van der Waals surface area contributed by atoms with Crippen LogP contribution in [0.5, 0.6) is 0 Å². The van der Waals surface area contributed by atoms with Gasteiger partial charge in [-0.2, -0.15) is 0 Å². The third-order valence-electron chi connectivity index (χ3n) is 1.06. The van der Waals surface area contributed by atoms with Crippen molar-refractivity contribution in [2.45, 2.75) is 25.7 Å². The summed E-state index contributed by atoms with van der Waals surface area (Å²) in [5, 5.41) is 9.04. The van der Waals surface area contributed by atoms with Crippen molar-refractivity contribution >= 4 is 10.1 Å². The van der Waals surface area contributed by atoms with E-state index < -0.39 is 15.1 Å². The number of aliphatic hydroxyl groups is 1. The Kier molecular flexibility index (Phi) is 5.96. The van der Waals surface area contributed by atoms with Crippen molar-refractivity contribution in [3.8, 4) is 0 Å². The van der Waals surface area contributed by atoms with Crippen LogP contribution in [-0.2, 0) is 10.1 Å². The Labute approximate surface area is 94.7 Å². The van der Waals surface area contributed by atoms with E-state index in [0.717, 1.165) is 13.0 Å². The van der Waals surface area contributed by atoms with Crippen LogP contribution in [0, 0.1) is 0 Å². The SMILES string of the molecule is CC(C)=CC(C)(O)S(=O)(=O)[O-].[Na+]. The molecule has 0 aliphatic carbocycles. The standard InChI is InChI=1S/C6H12O4S.Na/c1-5(2)4-6(3,7)11(8,9)10;/h4,7H,1-3H3,(H,8,9,10);/q;+1/p-1. The molecule has 0 aliphatic rings. The smallest absolute Gasteiger partial charge is 0.745 e. The molecule has 0 aromatic rings. The molecule has 0 amide bonds. The molecule has 1 atom stereocenters. The van der Waals surface area contributed by atoms with Gasteiger partial charge >= 0.3 is 29.6 Å². The first-order chi connectivity index (χ1) is 4.67. The minimum absolute atomic E-state index is 0. The van der Waals surface area contributed by atoms with Gasteiger partial charge in [-0.05, 0) is 26.8 Å². The summed E-state index contributed by atoms with van der Waals surface area (Å²) in [6.45, 7) is 4.14. The zero-order valence-corrected chi connectivity index (χ0v) is 10.5. The molecule has 0 aliphatic heterocycles. The molecule has 1 unspecified atom stereocenters. The van der Waals surface area contributed by atoms with E-state index in [9.17, 15) is 13.0 Å². The van der Waals surface area contributed by atoms with Gasteiger partial charge in [0, 0.05) is 0 Å². The Morgan fingerprint density at radius 3 is 1.92 bits per heavy atom. The molecule has 0 bridgehead atoms. The fraction of sp³-hybridized carbons (Fsp3) is 0.667. The van der Waals surface area contributed by atoms with E-state index in [2.05, 4.69) is 0 Å². The van der Waals surface area contributed by atoms with E-state index in [4.69, 9.17) is 5.11 Å². The summed E-state index contributed by atoms with van der Waals surface area (Å²) in [5.41, 5.74) is 0.578. The Balaban J connectivity index is 0. The molecule has 0 rings (SSSR count). The summed E-state index contributed by atoms with van der Waals surface area (Å²) in [6.07, 6.45) is 1.01. The van der Waals surface area contributed by atoms with Gasteiger partial charge in [-0.15, -0.1) is 0 Å². The number of allylic oxidation sites excluding steroid dienone is 1. The van der Waals surface area contributed by atoms with Crippen LogP contribution < -0.4 is 29.6 Å². The summed E-state index contributed by atoms with van der Waals surface area (Å²) in [5.74, 6) is 0. The summed E-state index contributed by atoms with van der Waals surface area (Å²) >= 11 is 0. The molecular weight excluding hydrogens is 191 g/mol. The molecule has 66 valence electrons. The molecule has 0 fully saturated rings. The zero-order chi connectivity index (χ0) is 9.28. The Bertz CT molecular complexity index is 261. The minimum atomic E-state index is -4.67. The summed E-state index contributed by atoms with van der Waals surface area (Å²) in [6, 6.07) is 0. The first-order valence-electron chi connectivity index (χ1n) is 3.01. The third kappa shape index (κ3) is 4.59. The molecule has 0 radical (unpaired) electrons. The fourth-order valence-electron chi connectivity index (χ4n) is 0.608. The maximum Gasteiger partial charge on any atom is 1.00 e. The van der Waals surface area contributed by atoms with Crippen molar-refractivity contribution in [1.29, 1.82) is 0 Å². The van der Waals surface area contributed by atoms with Crippen molar-refractivity contribution in [1.82, 2.24) is 0 Å². The van der Waals surface area contributed by atoms with Crippen LogP contribution in [0.4, 0.5) is 0 Å². The quantitative estimate of drug-likeness (QED) is 0.298. The van der Waals surface area contributed by atoms with Crippen LogP contribution in [0.3, 0.4) is 0 Å². The third-order valence-corrected chi connectivity index (χ3v) is 2.19. The number of hydrogen-bond acceptors (Lipinski definition) is 4. The summed E-state index contributed by atoms with van der Waals surface area (Å²) in [7, 11) is -4.67. The monoisotopic (exact) mass is 202 g/mol. The van der Waals surface area contributed by atoms with Crippen LogP contribution in [0.1, 0.15) is 20.8 Å².